The van der Waals surface area contributed by atoms with Gasteiger partial charge in [0, 0.05) is 35.6 Å². The van der Waals surface area contributed by atoms with Crippen molar-refractivity contribution in [1.29, 1.82) is 0 Å². The van der Waals surface area contributed by atoms with E-state index in [9.17, 15) is 5.11 Å². The molecule has 10 heteroatoms. The number of piperidine rings is 1. The zero-order valence-corrected chi connectivity index (χ0v) is 19.7. The molecular weight excluding hydrogens is 450 g/mol. The summed E-state index contributed by atoms with van der Waals surface area (Å²) in [6.45, 7) is 4.76. The molecule has 4 heterocycles. The van der Waals surface area contributed by atoms with Crippen LogP contribution in [0.15, 0.2) is 22.2 Å². The van der Waals surface area contributed by atoms with Gasteiger partial charge in [0.15, 0.2) is 5.82 Å². The van der Waals surface area contributed by atoms with Crippen molar-refractivity contribution in [2.45, 2.75) is 61.3 Å². The number of ether oxygens (including phenoxy) is 2. The van der Waals surface area contributed by atoms with Crippen molar-refractivity contribution in [2.24, 2.45) is 11.1 Å². The average Bonchev–Trinajstić information content (AvgIpc) is 3.55. The molecule has 32 heavy (non-hydrogen) atoms. The Bertz CT molecular complexity index is 998. The maximum Gasteiger partial charge on any atom is 0.234 e. The van der Waals surface area contributed by atoms with Crippen LogP contribution in [0, 0.1) is 12.3 Å². The molecule has 0 bridgehead atoms. The Kier molecular flexibility index (Phi) is 6.19. The molecule has 3 N–H and O–H groups in total. The molecule has 1 aliphatic carbocycles. The number of hydrogen-bond acceptors (Lipinski definition) is 9. The lowest BCUT2D eigenvalue weighted by Gasteiger charge is -2.41. The molecule has 0 radical (unpaired) electrons. The van der Waals surface area contributed by atoms with Crippen molar-refractivity contribution in [3.05, 3.63) is 28.7 Å². The van der Waals surface area contributed by atoms with Crippen molar-refractivity contribution >= 4 is 29.2 Å². The Balaban J connectivity index is 1.35. The number of anilines is 1. The van der Waals surface area contributed by atoms with E-state index < -0.39 is 0 Å². The Morgan fingerprint density at radius 1 is 1.34 bits per heavy atom. The topological polar surface area (TPSA) is 107 Å². The van der Waals surface area contributed by atoms with Crippen molar-refractivity contribution in [3.63, 3.8) is 0 Å². The molecule has 0 amide bonds. The molecule has 5 rings (SSSR count). The normalized spacial score (nSPS) is 22.5. The van der Waals surface area contributed by atoms with Crippen LogP contribution < -0.4 is 15.4 Å². The minimum Gasteiger partial charge on any atom is -0.473 e. The lowest BCUT2D eigenvalue weighted by Crippen LogP contribution is -2.49. The molecule has 2 aromatic heterocycles. The van der Waals surface area contributed by atoms with Gasteiger partial charge in [-0.05, 0) is 38.7 Å². The summed E-state index contributed by atoms with van der Waals surface area (Å²) in [5, 5.41) is 11.2. The highest BCUT2D eigenvalue weighted by Crippen LogP contribution is 2.42. The fourth-order valence-corrected chi connectivity index (χ4v) is 5.48. The summed E-state index contributed by atoms with van der Waals surface area (Å²) in [5.74, 6) is 1.20. The third-order valence-corrected chi connectivity index (χ3v) is 8.21. The maximum absolute atomic E-state index is 10.0. The van der Waals surface area contributed by atoms with Crippen LogP contribution in [0.4, 0.5) is 5.82 Å². The molecule has 1 saturated carbocycles. The van der Waals surface area contributed by atoms with Crippen LogP contribution in [-0.4, -0.2) is 58.5 Å². The Hall–Kier alpha value is -1.65. The SMILES string of the molecule is Cc1nc(N2CCC3(CC2)COC[C@H]3N)c(CO)nc1Sc1ccnc(OC2CC2)c1Cl. The first-order valence-corrected chi connectivity index (χ1v) is 12.2. The predicted octanol–water partition coefficient (Wildman–Crippen LogP) is 2.96. The molecule has 1 spiro atoms. The molecule has 1 atom stereocenters. The van der Waals surface area contributed by atoms with Gasteiger partial charge in [-0.25, -0.2) is 15.0 Å². The Labute approximate surface area is 196 Å². The van der Waals surface area contributed by atoms with E-state index in [1.807, 2.05) is 13.0 Å². The number of aromatic nitrogens is 3. The minimum atomic E-state index is -0.180. The maximum atomic E-state index is 10.0. The van der Waals surface area contributed by atoms with Gasteiger partial charge < -0.3 is 25.2 Å². The largest absolute Gasteiger partial charge is 0.473 e. The minimum absolute atomic E-state index is 0.0620. The third-order valence-electron chi connectivity index (χ3n) is 6.59. The fraction of sp³-hybridized carbons (Fsp3) is 0.591. The molecular formula is C22H28ClN5O3S. The number of hydrogen-bond donors (Lipinski definition) is 2. The number of aryl methyl sites for hydroxylation is 1. The zero-order chi connectivity index (χ0) is 22.3. The zero-order valence-electron chi connectivity index (χ0n) is 18.1. The van der Waals surface area contributed by atoms with Crippen LogP contribution in [0.3, 0.4) is 0 Å². The molecule has 2 saturated heterocycles. The van der Waals surface area contributed by atoms with Crippen LogP contribution in [0.2, 0.25) is 5.02 Å². The first-order chi connectivity index (χ1) is 15.5. The van der Waals surface area contributed by atoms with Gasteiger partial charge in [-0.1, -0.05) is 23.4 Å². The van der Waals surface area contributed by atoms with Gasteiger partial charge in [0.25, 0.3) is 0 Å². The number of halogens is 1. The molecule has 8 nitrogen and oxygen atoms in total. The van der Waals surface area contributed by atoms with Gasteiger partial charge in [0.1, 0.15) is 21.8 Å². The number of aliphatic hydroxyl groups is 1. The van der Waals surface area contributed by atoms with E-state index in [4.69, 9.17) is 36.8 Å². The van der Waals surface area contributed by atoms with Gasteiger partial charge in [0.2, 0.25) is 5.88 Å². The molecule has 0 unspecified atom stereocenters. The number of aliphatic hydroxyl groups excluding tert-OH is 1. The van der Waals surface area contributed by atoms with Gasteiger partial charge in [-0.3, -0.25) is 0 Å². The molecule has 3 aliphatic rings. The number of rotatable bonds is 6. The smallest absolute Gasteiger partial charge is 0.234 e. The van der Waals surface area contributed by atoms with E-state index in [1.54, 1.807) is 6.20 Å². The standard InChI is InChI=1S/C22H28ClN5O3S/c1-13-21(32-16-4-7-25-20(18(16)23)31-14-2-3-14)27-15(10-29)19(26-13)28-8-5-22(6-9-28)12-30-11-17(22)24/h4,7,14,17,29H,2-3,5-6,8-12,24H2,1H3/t17-/m1/s1. The summed E-state index contributed by atoms with van der Waals surface area (Å²) < 4.78 is 11.4. The molecule has 172 valence electrons. The van der Waals surface area contributed by atoms with Gasteiger partial charge >= 0.3 is 0 Å². The second-order valence-electron chi connectivity index (χ2n) is 8.86. The van der Waals surface area contributed by atoms with Crippen LogP contribution in [0.1, 0.15) is 37.1 Å². The average molecular weight is 478 g/mol. The fourth-order valence-electron chi connectivity index (χ4n) is 4.35. The molecule has 2 aromatic rings. The first-order valence-electron chi connectivity index (χ1n) is 11.0. The van der Waals surface area contributed by atoms with Gasteiger partial charge in [-0.2, -0.15) is 0 Å². The number of pyridine rings is 1. The van der Waals surface area contributed by atoms with E-state index in [-0.39, 0.29) is 24.2 Å². The molecule has 2 aliphatic heterocycles. The molecule has 3 fully saturated rings. The number of nitrogens with two attached hydrogens (primary N) is 1. The quantitative estimate of drug-likeness (QED) is 0.649. The highest BCUT2D eigenvalue weighted by atomic mass is 35.5. The Morgan fingerprint density at radius 2 is 2.12 bits per heavy atom. The highest BCUT2D eigenvalue weighted by molar-refractivity contribution is 7.99. The van der Waals surface area contributed by atoms with Crippen LogP contribution in [0.5, 0.6) is 5.88 Å². The lowest BCUT2D eigenvalue weighted by molar-refractivity contribution is 0.131. The van der Waals surface area contributed by atoms with Crippen LogP contribution >= 0.6 is 23.4 Å². The van der Waals surface area contributed by atoms with Crippen molar-refractivity contribution in [1.82, 2.24) is 15.0 Å². The second-order valence-corrected chi connectivity index (χ2v) is 10.3. The number of nitrogens with zero attached hydrogens (tertiary/aromatic N) is 4. The van der Waals surface area contributed by atoms with E-state index in [2.05, 4.69) is 9.88 Å². The summed E-state index contributed by atoms with van der Waals surface area (Å²) in [4.78, 5) is 16.9. The van der Waals surface area contributed by atoms with E-state index >= 15 is 0 Å². The molecule has 0 aromatic carbocycles. The first kappa shape index (κ1) is 22.2. The van der Waals surface area contributed by atoms with Crippen molar-refractivity contribution in [2.75, 3.05) is 31.2 Å². The van der Waals surface area contributed by atoms with Crippen molar-refractivity contribution in [3.8, 4) is 5.88 Å². The highest BCUT2D eigenvalue weighted by Gasteiger charge is 2.44. The van der Waals surface area contributed by atoms with Crippen LogP contribution in [-0.2, 0) is 11.3 Å². The second kappa shape index (κ2) is 8.95. The summed E-state index contributed by atoms with van der Waals surface area (Å²) in [7, 11) is 0. The van der Waals surface area contributed by atoms with Crippen molar-refractivity contribution < 1.29 is 14.6 Å². The summed E-state index contributed by atoms with van der Waals surface area (Å²) in [6, 6.07) is 1.93. The monoisotopic (exact) mass is 477 g/mol. The summed E-state index contributed by atoms with van der Waals surface area (Å²) >= 11 is 7.96. The lowest BCUT2D eigenvalue weighted by atomic mass is 9.75. The van der Waals surface area contributed by atoms with E-state index in [0.717, 1.165) is 61.8 Å². The van der Waals surface area contributed by atoms with Gasteiger partial charge in [-0.15, -0.1) is 0 Å². The van der Waals surface area contributed by atoms with Crippen LogP contribution in [0.25, 0.3) is 0 Å². The van der Waals surface area contributed by atoms with Gasteiger partial charge in [0.05, 0.1) is 25.5 Å². The van der Waals surface area contributed by atoms with E-state index in [0.29, 0.717) is 28.2 Å². The summed E-state index contributed by atoms with van der Waals surface area (Å²) in [5.41, 5.74) is 7.74. The Morgan fingerprint density at radius 3 is 2.78 bits per heavy atom. The third kappa shape index (κ3) is 4.28. The summed E-state index contributed by atoms with van der Waals surface area (Å²) in [6.07, 6.45) is 5.89. The predicted molar refractivity (Wildman–Crippen MR) is 122 cm³/mol. The van der Waals surface area contributed by atoms with E-state index in [1.165, 1.54) is 11.8 Å².